The molecule has 0 aliphatic rings. The fraction of sp³-hybridized carbons (Fsp3) is 0.364. The van der Waals surface area contributed by atoms with Gasteiger partial charge in [0.1, 0.15) is 11.5 Å². The van der Waals surface area contributed by atoms with E-state index in [0.29, 0.717) is 28.8 Å². The van der Waals surface area contributed by atoms with Gasteiger partial charge in [-0.2, -0.15) is 0 Å². The maximum atomic E-state index is 11.7. The SMILES string of the molecule is COc1ccc(C(=O)CCBr)c(OC)c1. The van der Waals surface area contributed by atoms with E-state index in [1.807, 2.05) is 0 Å². The lowest BCUT2D eigenvalue weighted by Crippen LogP contribution is -2.02. The molecule has 82 valence electrons. The minimum absolute atomic E-state index is 0.0615. The van der Waals surface area contributed by atoms with Crippen molar-refractivity contribution in [2.45, 2.75) is 6.42 Å². The Kier molecular flexibility index (Phi) is 4.62. The second-order valence-electron chi connectivity index (χ2n) is 2.93. The molecular weight excluding hydrogens is 260 g/mol. The summed E-state index contributed by atoms with van der Waals surface area (Å²) in [5.41, 5.74) is 0.595. The Morgan fingerprint density at radius 2 is 2.07 bits per heavy atom. The molecule has 1 aromatic rings. The van der Waals surface area contributed by atoms with Crippen LogP contribution >= 0.6 is 15.9 Å². The molecule has 0 N–H and O–H groups in total. The minimum atomic E-state index is 0.0615. The molecule has 15 heavy (non-hydrogen) atoms. The van der Waals surface area contributed by atoms with E-state index in [4.69, 9.17) is 9.47 Å². The summed E-state index contributed by atoms with van der Waals surface area (Å²) in [5.74, 6) is 1.30. The number of benzene rings is 1. The van der Waals surface area contributed by atoms with Gasteiger partial charge in [0.05, 0.1) is 19.8 Å². The normalized spacial score (nSPS) is 9.80. The molecule has 1 rings (SSSR count). The van der Waals surface area contributed by atoms with Crippen LogP contribution in [0.15, 0.2) is 18.2 Å². The molecule has 0 unspecified atom stereocenters. The molecule has 3 nitrogen and oxygen atoms in total. The zero-order valence-electron chi connectivity index (χ0n) is 8.75. The predicted molar refractivity (Wildman–Crippen MR) is 62.3 cm³/mol. The topological polar surface area (TPSA) is 35.5 Å². The minimum Gasteiger partial charge on any atom is -0.497 e. The second kappa shape index (κ2) is 5.75. The van der Waals surface area contributed by atoms with Crippen molar-refractivity contribution in [3.05, 3.63) is 23.8 Å². The third-order valence-electron chi connectivity index (χ3n) is 2.03. The van der Waals surface area contributed by atoms with Gasteiger partial charge in [0, 0.05) is 17.8 Å². The quantitative estimate of drug-likeness (QED) is 0.611. The zero-order chi connectivity index (χ0) is 11.3. The Balaban J connectivity index is 3.02. The summed E-state index contributed by atoms with van der Waals surface area (Å²) in [6.45, 7) is 0. The van der Waals surface area contributed by atoms with Gasteiger partial charge in [0.2, 0.25) is 0 Å². The summed E-state index contributed by atoms with van der Waals surface area (Å²) < 4.78 is 10.2. The molecule has 0 amide bonds. The molecule has 0 radical (unpaired) electrons. The number of ketones is 1. The molecule has 0 saturated heterocycles. The van der Waals surface area contributed by atoms with Crippen LogP contribution in [0.2, 0.25) is 0 Å². The van der Waals surface area contributed by atoms with Crippen LogP contribution in [-0.4, -0.2) is 25.3 Å². The van der Waals surface area contributed by atoms with Gasteiger partial charge in [-0.3, -0.25) is 4.79 Å². The number of hydrogen-bond acceptors (Lipinski definition) is 3. The van der Waals surface area contributed by atoms with Gasteiger partial charge in [0.25, 0.3) is 0 Å². The monoisotopic (exact) mass is 272 g/mol. The molecule has 4 heteroatoms. The highest BCUT2D eigenvalue weighted by Gasteiger charge is 2.12. The fourth-order valence-corrected chi connectivity index (χ4v) is 1.61. The third-order valence-corrected chi connectivity index (χ3v) is 2.43. The summed E-state index contributed by atoms with van der Waals surface area (Å²) in [6, 6.07) is 5.19. The first kappa shape index (κ1) is 12.0. The number of carbonyl (C=O) groups is 1. The highest BCUT2D eigenvalue weighted by atomic mass is 79.9. The molecule has 1 aromatic carbocycles. The highest BCUT2D eigenvalue weighted by molar-refractivity contribution is 9.09. The third kappa shape index (κ3) is 2.96. The Morgan fingerprint density at radius 1 is 1.33 bits per heavy atom. The molecule has 0 bridgehead atoms. The summed E-state index contributed by atoms with van der Waals surface area (Å²) in [6.07, 6.45) is 0.461. The van der Waals surface area contributed by atoms with Gasteiger partial charge in [-0.25, -0.2) is 0 Å². The van der Waals surface area contributed by atoms with Gasteiger partial charge in [-0.15, -0.1) is 0 Å². The number of Topliss-reactive ketones (excluding diaryl/α,β-unsaturated/α-hetero) is 1. The number of ether oxygens (including phenoxy) is 2. The standard InChI is InChI=1S/C11H13BrO3/c1-14-8-3-4-9(10(13)5-6-12)11(7-8)15-2/h3-4,7H,5-6H2,1-2H3. The van der Waals surface area contributed by atoms with Crippen LogP contribution in [0.5, 0.6) is 11.5 Å². The van der Waals surface area contributed by atoms with Gasteiger partial charge in [-0.05, 0) is 12.1 Å². The molecule has 0 fully saturated rings. The smallest absolute Gasteiger partial charge is 0.167 e. The lowest BCUT2D eigenvalue weighted by molar-refractivity contribution is 0.0987. The maximum Gasteiger partial charge on any atom is 0.167 e. The summed E-state index contributed by atoms with van der Waals surface area (Å²) in [5, 5.41) is 0.654. The van der Waals surface area contributed by atoms with Crippen LogP contribution in [0.25, 0.3) is 0 Å². The van der Waals surface area contributed by atoms with Crippen molar-refractivity contribution >= 4 is 21.7 Å². The molecule has 0 atom stereocenters. The van der Waals surface area contributed by atoms with Crippen molar-refractivity contribution in [3.63, 3.8) is 0 Å². The van der Waals surface area contributed by atoms with Crippen LogP contribution in [0, 0.1) is 0 Å². The van der Waals surface area contributed by atoms with E-state index < -0.39 is 0 Å². The van der Waals surface area contributed by atoms with Crippen LogP contribution in [0.1, 0.15) is 16.8 Å². The van der Waals surface area contributed by atoms with Gasteiger partial charge >= 0.3 is 0 Å². The van der Waals surface area contributed by atoms with Crippen molar-refractivity contribution in [1.82, 2.24) is 0 Å². The molecule has 0 aromatic heterocycles. The first-order valence-electron chi connectivity index (χ1n) is 4.54. The van der Waals surface area contributed by atoms with Gasteiger partial charge in [0.15, 0.2) is 5.78 Å². The van der Waals surface area contributed by atoms with Crippen LogP contribution in [0.4, 0.5) is 0 Å². The van der Waals surface area contributed by atoms with Crippen molar-refractivity contribution < 1.29 is 14.3 Å². The van der Waals surface area contributed by atoms with E-state index in [9.17, 15) is 4.79 Å². The number of hydrogen-bond donors (Lipinski definition) is 0. The molecule has 0 saturated carbocycles. The summed E-state index contributed by atoms with van der Waals surface area (Å²) in [7, 11) is 3.12. The van der Waals surface area contributed by atoms with E-state index in [2.05, 4.69) is 15.9 Å². The summed E-state index contributed by atoms with van der Waals surface area (Å²) >= 11 is 3.24. The van der Waals surface area contributed by atoms with Crippen molar-refractivity contribution in [2.24, 2.45) is 0 Å². The van der Waals surface area contributed by atoms with Crippen LogP contribution < -0.4 is 9.47 Å². The number of carbonyl (C=O) groups excluding carboxylic acids is 1. The molecule has 0 spiro atoms. The Morgan fingerprint density at radius 3 is 2.60 bits per heavy atom. The number of halogens is 1. The van der Waals surface area contributed by atoms with E-state index in [1.165, 1.54) is 0 Å². The molecular formula is C11H13BrO3. The number of methoxy groups -OCH3 is 2. The Hall–Kier alpha value is -1.03. The first-order valence-corrected chi connectivity index (χ1v) is 5.66. The largest absolute Gasteiger partial charge is 0.497 e. The van der Waals surface area contributed by atoms with E-state index in [0.717, 1.165) is 0 Å². The van der Waals surface area contributed by atoms with Crippen molar-refractivity contribution in [2.75, 3.05) is 19.5 Å². The Bertz CT molecular complexity index is 350. The lowest BCUT2D eigenvalue weighted by Gasteiger charge is -2.08. The highest BCUT2D eigenvalue weighted by Crippen LogP contribution is 2.25. The van der Waals surface area contributed by atoms with E-state index in [1.54, 1.807) is 32.4 Å². The average Bonchev–Trinajstić information content (AvgIpc) is 2.28. The Labute approximate surface area is 97.5 Å². The number of alkyl halides is 1. The molecule has 0 aliphatic heterocycles. The van der Waals surface area contributed by atoms with Gasteiger partial charge in [-0.1, -0.05) is 15.9 Å². The average molecular weight is 273 g/mol. The van der Waals surface area contributed by atoms with Crippen molar-refractivity contribution in [3.8, 4) is 11.5 Å². The van der Waals surface area contributed by atoms with Gasteiger partial charge < -0.3 is 9.47 Å². The number of rotatable bonds is 5. The van der Waals surface area contributed by atoms with Crippen molar-refractivity contribution in [1.29, 1.82) is 0 Å². The van der Waals surface area contributed by atoms with E-state index in [-0.39, 0.29) is 5.78 Å². The fourth-order valence-electron chi connectivity index (χ4n) is 1.25. The second-order valence-corrected chi connectivity index (χ2v) is 3.72. The zero-order valence-corrected chi connectivity index (χ0v) is 10.3. The first-order chi connectivity index (χ1) is 7.22. The molecule has 0 aliphatic carbocycles. The van der Waals surface area contributed by atoms with E-state index >= 15 is 0 Å². The lowest BCUT2D eigenvalue weighted by atomic mass is 10.1. The predicted octanol–water partition coefficient (Wildman–Crippen LogP) is 2.67. The maximum absolute atomic E-state index is 11.7. The molecule has 0 heterocycles. The van der Waals surface area contributed by atoms with Crippen LogP contribution in [0.3, 0.4) is 0 Å². The summed E-state index contributed by atoms with van der Waals surface area (Å²) in [4.78, 5) is 11.7. The van der Waals surface area contributed by atoms with Crippen LogP contribution in [-0.2, 0) is 0 Å².